The van der Waals surface area contributed by atoms with Crippen molar-refractivity contribution in [3.05, 3.63) is 62.1 Å². The predicted molar refractivity (Wildman–Crippen MR) is 97.2 cm³/mol. The molecule has 0 atom stereocenters. The molecule has 3 nitrogen and oxygen atoms in total. The number of furan rings is 1. The second-order valence-corrected chi connectivity index (χ2v) is 7.03. The van der Waals surface area contributed by atoms with Crippen LogP contribution in [-0.4, -0.2) is 10.9 Å². The molecule has 23 heavy (non-hydrogen) atoms. The van der Waals surface area contributed by atoms with E-state index in [9.17, 15) is 9.90 Å². The summed E-state index contributed by atoms with van der Waals surface area (Å²) in [6, 6.07) is 1.44. The Morgan fingerprint density at radius 2 is 1.83 bits per heavy atom. The van der Waals surface area contributed by atoms with Gasteiger partial charge >= 0.3 is 0 Å². The van der Waals surface area contributed by atoms with Crippen LogP contribution in [0.2, 0.25) is 0 Å². The van der Waals surface area contributed by atoms with Crippen LogP contribution in [0.1, 0.15) is 46.9 Å². The van der Waals surface area contributed by atoms with E-state index in [2.05, 4.69) is 31.9 Å². The number of aromatic hydroxyl groups is 1. The number of ketones is 1. The Balaban J connectivity index is 2.40. The van der Waals surface area contributed by atoms with Gasteiger partial charge in [-0.1, -0.05) is 32.0 Å². The quantitative estimate of drug-likeness (QED) is 0.505. The van der Waals surface area contributed by atoms with E-state index < -0.39 is 17.9 Å². The molecule has 5 heteroatoms. The van der Waals surface area contributed by atoms with E-state index >= 15 is 0 Å². The maximum Gasteiger partial charge on any atom is 0.197 e. The SMILES string of the molecule is [2H]c1c([2H])c([2H])c2c(C(=O)c3cc(Br)c(O)c(Br)c3)c(C(C)C)oc2c1[2H]. The standard InChI is InChI=1S/C18H14Br2O3/c1-9(2)18-15(11-5-3-4-6-14(11)23-18)16(21)10-7-12(19)17(22)13(20)8-10/h3-9,22H,1-2H3/i3D,4D,5D,6D. The number of hydrogen-bond acceptors (Lipinski definition) is 3. The highest BCUT2D eigenvalue weighted by molar-refractivity contribution is 9.11. The van der Waals surface area contributed by atoms with Crippen LogP contribution in [0.3, 0.4) is 0 Å². The Morgan fingerprint density at radius 1 is 1.22 bits per heavy atom. The largest absolute Gasteiger partial charge is 0.506 e. The third-order valence-electron chi connectivity index (χ3n) is 3.39. The minimum Gasteiger partial charge on any atom is -0.506 e. The molecular weight excluding hydrogens is 424 g/mol. The van der Waals surface area contributed by atoms with Gasteiger partial charge in [0, 0.05) is 16.9 Å². The fourth-order valence-electron chi connectivity index (χ4n) is 2.31. The Morgan fingerprint density at radius 3 is 2.43 bits per heavy atom. The van der Waals surface area contributed by atoms with Gasteiger partial charge in [-0.15, -0.1) is 0 Å². The number of para-hydroxylation sites is 1. The van der Waals surface area contributed by atoms with Gasteiger partial charge in [-0.05, 0) is 50.0 Å². The molecule has 0 aliphatic heterocycles. The lowest BCUT2D eigenvalue weighted by atomic mass is 9.96. The molecule has 1 N–H and O–H groups in total. The van der Waals surface area contributed by atoms with Crippen LogP contribution in [0, 0.1) is 0 Å². The molecule has 0 bridgehead atoms. The van der Waals surface area contributed by atoms with Crippen molar-refractivity contribution in [2.75, 3.05) is 0 Å². The lowest BCUT2D eigenvalue weighted by Gasteiger charge is -2.08. The minimum absolute atomic E-state index is 0.0371. The van der Waals surface area contributed by atoms with Crippen LogP contribution in [0.5, 0.6) is 5.75 Å². The molecule has 0 aliphatic rings. The number of carbonyl (C=O) groups excluding carboxylic acids is 1. The van der Waals surface area contributed by atoms with Gasteiger partial charge < -0.3 is 9.52 Å². The number of carbonyl (C=O) groups is 1. The smallest absolute Gasteiger partial charge is 0.197 e. The Hall–Kier alpha value is -1.59. The number of hydrogen-bond donors (Lipinski definition) is 1. The molecule has 0 radical (unpaired) electrons. The van der Waals surface area contributed by atoms with Crippen LogP contribution in [0.25, 0.3) is 11.0 Å². The number of phenolic OH excluding ortho intramolecular Hbond substituents is 1. The molecule has 1 heterocycles. The van der Waals surface area contributed by atoms with Crippen molar-refractivity contribution in [2.24, 2.45) is 0 Å². The summed E-state index contributed by atoms with van der Waals surface area (Å²) in [5.41, 5.74) is 0.310. The first-order valence-electron chi connectivity index (χ1n) is 8.81. The molecule has 1 aromatic heterocycles. The second kappa shape index (κ2) is 6.13. The summed E-state index contributed by atoms with van der Waals surface area (Å²) >= 11 is 6.39. The highest BCUT2D eigenvalue weighted by Gasteiger charge is 2.24. The Kier molecular flexibility index (Phi) is 3.17. The van der Waals surface area contributed by atoms with E-state index in [0.717, 1.165) is 0 Å². The third-order valence-corrected chi connectivity index (χ3v) is 4.60. The van der Waals surface area contributed by atoms with E-state index in [-0.39, 0.29) is 45.8 Å². The van der Waals surface area contributed by atoms with Crippen molar-refractivity contribution in [3.8, 4) is 5.75 Å². The molecule has 0 amide bonds. The number of benzene rings is 2. The van der Waals surface area contributed by atoms with Crippen molar-refractivity contribution in [3.63, 3.8) is 0 Å². The maximum atomic E-state index is 13.3. The number of phenols is 1. The highest BCUT2D eigenvalue weighted by Crippen LogP contribution is 2.37. The first-order chi connectivity index (χ1) is 12.6. The number of halogens is 2. The van der Waals surface area contributed by atoms with Gasteiger partial charge in [0.25, 0.3) is 0 Å². The van der Waals surface area contributed by atoms with Gasteiger partial charge in [-0.3, -0.25) is 4.79 Å². The molecule has 118 valence electrons. The van der Waals surface area contributed by atoms with Gasteiger partial charge in [-0.2, -0.15) is 0 Å². The van der Waals surface area contributed by atoms with Crippen LogP contribution in [0.15, 0.2) is 49.7 Å². The first kappa shape index (κ1) is 11.9. The van der Waals surface area contributed by atoms with Gasteiger partial charge in [0.15, 0.2) is 5.78 Å². The van der Waals surface area contributed by atoms with Gasteiger partial charge in [0.2, 0.25) is 0 Å². The van der Waals surface area contributed by atoms with Crippen molar-refractivity contribution in [2.45, 2.75) is 19.8 Å². The predicted octanol–water partition coefficient (Wildman–Crippen LogP) is 6.02. The molecule has 3 rings (SSSR count). The number of fused-ring (bicyclic) bond motifs is 1. The summed E-state index contributed by atoms with van der Waals surface area (Å²) in [7, 11) is 0. The zero-order valence-corrected chi connectivity index (χ0v) is 15.4. The molecule has 0 spiro atoms. The lowest BCUT2D eigenvalue weighted by Crippen LogP contribution is -2.05. The van der Waals surface area contributed by atoms with E-state index in [0.29, 0.717) is 14.7 Å². The van der Waals surface area contributed by atoms with Crippen molar-refractivity contribution in [1.29, 1.82) is 0 Å². The first-order valence-corrected chi connectivity index (χ1v) is 8.40. The van der Waals surface area contributed by atoms with Crippen molar-refractivity contribution < 1.29 is 19.8 Å². The average Bonchev–Trinajstić information content (AvgIpc) is 3.02. The molecule has 0 fully saturated rings. The Bertz CT molecular complexity index is 1080. The third kappa shape index (κ3) is 2.83. The average molecular weight is 442 g/mol. The monoisotopic (exact) mass is 440 g/mol. The van der Waals surface area contributed by atoms with E-state index in [4.69, 9.17) is 9.90 Å². The summed E-state index contributed by atoms with van der Waals surface area (Å²) in [6.07, 6.45) is 0. The fourth-order valence-corrected chi connectivity index (χ4v) is 3.50. The van der Waals surface area contributed by atoms with E-state index in [1.54, 1.807) is 0 Å². The van der Waals surface area contributed by atoms with Crippen molar-refractivity contribution >= 4 is 48.6 Å². The topological polar surface area (TPSA) is 50.4 Å². The van der Waals surface area contributed by atoms with Crippen molar-refractivity contribution in [1.82, 2.24) is 0 Å². The summed E-state index contributed by atoms with van der Waals surface area (Å²) < 4.78 is 38.4. The maximum absolute atomic E-state index is 13.3. The zero-order chi connectivity index (χ0) is 20.2. The van der Waals surface area contributed by atoms with Gasteiger partial charge in [0.1, 0.15) is 17.1 Å². The Labute approximate surface area is 156 Å². The summed E-state index contributed by atoms with van der Waals surface area (Å²) in [5.74, 6) is -0.427. The highest BCUT2D eigenvalue weighted by atomic mass is 79.9. The summed E-state index contributed by atoms with van der Waals surface area (Å²) in [5, 5.41) is 9.95. The summed E-state index contributed by atoms with van der Waals surface area (Å²) in [4.78, 5) is 13.3. The zero-order valence-electron chi connectivity index (χ0n) is 16.3. The van der Waals surface area contributed by atoms with Crippen LogP contribution < -0.4 is 0 Å². The fraction of sp³-hybridized carbons (Fsp3) is 0.167. The second-order valence-electron chi connectivity index (χ2n) is 5.32. The number of rotatable bonds is 3. The van der Waals surface area contributed by atoms with E-state index in [1.165, 1.54) is 12.1 Å². The molecule has 0 aliphatic carbocycles. The van der Waals surface area contributed by atoms with Crippen LogP contribution in [-0.2, 0) is 0 Å². The summed E-state index contributed by atoms with van der Waals surface area (Å²) in [6.45, 7) is 3.63. The lowest BCUT2D eigenvalue weighted by molar-refractivity contribution is 0.103. The molecule has 0 saturated heterocycles. The van der Waals surface area contributed by atoms with Gasteiger partial charge in [-0.25, -0.2) is 0 Å². The van der Waals surface area contributed by atoms with E-state index in [1.807, 2.05) is 13.8 Å². The molecule has 2 aromatic carbocycles. The molecule has 3 aromatic rings. The molecule has 0 unspecified atom stereocenters. The van der Waals surface area contributed by atoms with Crippen LogP contribution >= 0.6 is 31.9 Å². The molecular formula is C18H14Br2O3. The van der Waals surface area contributed by atoms with Crippen LogP contribution in [0.4, 0.5) is 0 Å². The molecule has 0 saturated carbocycles. The normalized spacial score (nSPS) is 13.8. The minimum atomic E-state index is -0.455. The van der Waals surface area contributed by atoms with Gasteiger partial charge in [0.05, 0.1) is 20.0 Å².